The molecule has 0 aliphatic rings. The van der Waals surface area contributed by atoms with Crippen molar-refractivity contribution in [1.29, 1.82) is 0 Å². The van der Waals surface area contributed by atoms with Crippen molar-refractivity contribution in [2.75, 3.05) is 13.2 Å². The molecule has 1 aromatic rings. The summed E-state index contributed by atoms with van der Waals surface area (Å²) in [6, 6.07) is 4.95. The van der Waals surface area contributed by atoms with Gasteiger partial charge in [-0.1, -0.05) is 29.2 Å². The van der Waals surface area contributed by atoms with Gasteiger partial charge in [-0.2, -0.15) is 0 Å². The molecule has 0 saturated carbocycles. The maximum absolute atomic E-state index is 11.9. The molecule has 0 aliphatic heterocycles. The molecule has 7 heteroatoms. The van der Waals surface area contributed by atoms with Crippen molar-refractivity contribution in [3.05, 3.63) is 23.2 Å². The largest absolute Gasteiger partial charge is 0.490 e. The number of nitrogens with two attached hydrogens (primary N) is 1. The lowest BCUT2D eigenvalue weighted by molar-refractivity contribution is 0.0484. The van der Waals surface area contributed by atoms with Gasteiger partial charge in [-0.05, 0) is 46.2 Å². The quantitative estimate of drug-likeness (QED) is 0.747. The van der Waals surface area contributed by atoms with Gasteiger partial charge in [0.05, 0.1) is 11.1 Å². The van der Waals surface area contributed by atoms with Crippen LogP contribution in [0.4, 0.5) is 4.79 Å². The molecule has 0 fully saturated rings. The minimum atomic E-state index is -0.555. The van der Waals surface area contributed by atoms with Crippen LogP contribution < -0.4 is 21.3 Å². The first-order valence-electron chi connectivity index (χ1n) is 7.59. The zero-order chi connectivity index (χ0) is 17.5. The number of benzene rings is 1. The Kier molecular flexibility index (Phi) is 7.72. The monoisotopic (exact) mass is 338 g/mol. The summed E-state index contributed by atoms with van der Waals surface area (Å²) >= 11 is 6.09. The van der Waals surface area contributed by atoms with Crippen molar-refractivity contribution in [3.63, 3.8) is 0 Å². The SMILES string of the molecule is [B]c1cccc(OC[C@H](CCCN)NC(=O)OC(C)(C)C)c1Cl. The average Bonchev–Trinajstić information content (AvgIpc) is 2.43. The van der Waals surface area contributed by atoms with Gasteiger partial charge in [0.25, 0.3) is 0 Å². The predicted molar refractivity (Wildman–Crippen MR) is 93.8 cm³/mol. The van der Waals surface area contributed by atoms with Crippen LogP contribution in [0.3, 0.4) is 0 Å². The van der Waals surface area contributed by atoms with Crippen molar-refractivity contribution in [2.45, 2.75) is 45.3 Å². The van der Waals surface area contributed by atoms with Crippen LogP contribution in [0.2, 0.25) is 5.02 Å². The number of hydrogen-bond donors (Lipinski definition) is 2. The van der Waals surface area contributed by atoms with E-state index in [9.17, 15) is 4.79 Å². The van der Waals surface area contributed by atoms with Crippen molar-refractivity contribution >= 4 is 31.0 Å². The Morgan fingerprint density at radius 2 is 2.13 bits per heavy atom. The zero-order valence-corrected chi connectivity index (χ0v) is 14.7. The summed E-state index contributed by atoms with van der Waals surface area (Å²) < 4.78 is 10.9. The van der Waals surface area contributed by atoms with Crippen molar-refractivity contribution < 1.29 is 14.3 Å². The van der Waals surface area contributed by atoms with Crippen LogP contribution in [0.25, 0.3) is 0 Å². The number of halogens is 1. The smallest absolute Gasteiger partial charge is 0.407 e. The fraction of sp³-hybridized carbons (Fsp3) is 0.562. The molecule has 0 spiro atoms. The number of hydrogen-bond acceptors (Lipinski definition) is 4. The molecule has 0 unspecified atom stereocenters. The number of amides is 1. The molecule has 23 heavy (non-hydrogen) atoms. The van der Waals surface area contributed by atoms with Gasteiger partial charge in [0.15, 0.2) is 0 Å². The van der Waals surface area contributed by atoms with E-state index in [0.29, 0.717) is 29.2 Å². The molecular formula is C16H24BClN2O3. The first kappa shape index (κ1) is 19.7. The van der Waals surface area contributed by atoms with Gasteiger partial charge >= 0.3 is 6.09 Å². The van der Waals surface area contributed by atoms with Gasteiger partial charge in [-0.15, -0.1) is 0 Å². The van der Waals surface area contributed by atoms with Crippen molar-refractivity contribution in [1.82, 2.24) is 5.32 Å². The summed E-state index contributed by atoms with van der Waals surface area (Å²) in [5, 5.41) is 3.16. The molecule has 3 N–H and O–H groups in total. The molecule has 1 atom stereocenters. The third kappa shape index (κ3) is 7.61. The predicted octanol–water partition coefficient (Wildman–Crippen LogP) is 2.14. The van der Waals surface area contributed by atoms with Crippen molar-refractivity contribution in [3.8, 4) is 5.75 Å². The van der Waals surface area contributed by atoms with E-state index in [1.54, 1.807) is 18.2 Å². The Morgan fingerprint density at radius 1 is 1.43 bits per heavy atom. The lowest BCUT2D eigenvalue weighted by Crippen LogP contribution is -2.42. The van der Waals surface area contributed by atoms with Gasteiger partial charge in [-0.3, -0.25) is 0 Å². The van der Waals surface area contributed by atoms with Crippen LogP contribution >= 0.6 is 11.6 Å². The van der Waals surface area contributed by atoms with Crippen LogP contribution in [0, 0.1) is 0 Å². The Hall–Kier alpha value is -1.40. The molecule has 126 valence electrons. The third-order valence-corrected chi connectivity index (χ3v) is 3.32. The lowest BCUT2D eigenvalue weighted by Gasteiger charge is -2.24. The topological polar surface area (TPSA) is 73.6 Å². The van der Waals surface area contributed by atoms with E-state index in [-0.39, 0.29) is 12.6 Å². The summed E-state index contributed by atoms with van der Waals surface area (Å²) in [6.07, 6.45) is 0.950. The van der Waals surface area contributed by atoms with E-state index in [2.05, 4.69) is 5.32 Å². The zero-order valence-electron chi connectivity index (χ0n) is 13.9. The second-order valence-electron chi connectivity index (χ2n) is 6.24. The van der Waals surface area contributed by atoms with Crippen LogP contribution in [0.15, 0.2) is 18.2 Å². The fourth-order valence-corrected chi connectivity index (χ4v) is 2.05. The first-order chi connectivity index (χ1) is 10.7. The summed E-state index contributed by atoms with van der Waals surface area (Å²) in [5.41, 5.74) is 5.43. The van der Waals surface area contributed by atoms with Gasteiger partial charge < -0.3 is 20.5 Å². The van der Waals surface area contributed by atoms with Gasteiger partial charge in [0, 0.05) is 0 Å². The van der Waals surface area contributed by atoms with E-state index in [0.717, 1.165) is 6.42 Å². The van der Waals surface area contributed by atoms with E-state index in [1.165, 1.54) is 0 Å². The Morgan fingerprint density at radius 3 is 2.74 bits per heavy atom. The van der Waals surface area contributed by atoms with E-state index in [1.807, 2.05) is 20.8 Å². The maximum atomic E-state index is 11.9. The third-order valence-electron chi connectivity index (χ3n) is 2.91. The highest BCUT2D eigenvalue weighted by Gasteiger charge is 2.20. The second-order valence-corrected chi connectivity index (χ2v) is 6.62. The highest BCUT2D eigenvalue weighted by Crippen LogP contribution is 2.21. The molecule has 0 aliphatic carbocycles. The van der Waals surface area contributed by atoms with Gasteiger partial charge in [-0.25, -0.2) is 4.79 Å². The molecule has 5 nitrogen and oxygen atoms in total. The maximum Gasteiger partial charge on any atom is 0.407 e. The van der Waals surface area contributed by atoms with Crippen LogP contribution in [-0.4, -0.2) is 38.7 Å². The number of carbonyl (C=O) groups excluding carboxylic acids is 1. The second kappa shape index (κ2) is 9.04. The molecule has 1 amide bonds. The van der Waals surface area contributed by atoms with Gasteiger partial charge in [0.1, 0.15) is 25.8 Å². The molecule has 1 aromatic carbocycles. The summed E-state index contributed by atoms with van der Waals surface area (Å²) in [5.74, 6) is 0.482. The van der Waals surface area contributed by atoms with E-state index >= 15 is 0 Å². The molecular weight excluding hydrogens is 314 g/mol. The number of carbonyl (C=O) groups is 1. The lowest BCUT2D eigenvalue weighted by atomic mass is 9.96. The highest BCUT2D eigenvalue weighted by atomic mass is 35.5. The molecule has 0 bridgehead atoms. The highest BCUT2D eigenvalue weighted by molar-refractivity contribution is 6.45. The molecule has 2 radical (unpaired) electrons. The van der Waals surface area contributed by atoms with Crippen LogP contribution in [0.5, 0.6) is 5.75 Å². The fourth-order valence-electron chi connectivity index (χ4n) is 1.87. The normalized spacial score (nSPS) is 12.6. The first-order valence-corrected chi connectivity index (χ1v) is 7.97. The minimum absolute atomic E-state index is 0.231. The average molecular weight is 339 g/mol. The number of rotatable bonds is 7. The summed E-state index contributed by atoms with van der Waals surface area (Å²) in [4.78, 5) is 11.9. The minimum Gasteiger partial charge on any atom is -0.490 e. The molecule has 0 aromatic heterocycles. The van der Waals surface area contributed by atoms with Crippen molar-refractivity contribution in [2.24, 2.45) is 5.73 Å². The Bertz CT molecular complexity index is 521. The molecule has 0 saturated heterocycles. The molecule has 1 rings (SSSR count). The van der Waals surface area contributed by atoms with E-state index in [4.69, 9.17) is 34.7 Å². The Balaban J connectivity index is 2.63. The number of ether oxygens (including phenoxy) is 2. The number of nitrogens with one attached hydrogen (secondary N) is 1. The van der Waals surface area contributed by atoms with Gasteiger partial charge in [0.2, 0.25) is 0 Å². The summed E-state index contributed by atoms with van der Waals surface area (Å²) in [6.45, 7) is 6.22. The summed E-state index contributed by atoms with van der Waals surface area (Å²) in [7, 11) is 5.74. The number of alkyl carbamates (subject to hydrolysis) is 1. The standard InChI is InChI=1S/C16H24BClN2O3/c1-16(2,3)23-15(21)20-11(6-5-9-19)10-22-13-8-4-7-12(17)14(13)18/h4,7-8,11H,5-6,9-10,19H2,1-3H3,(H,20,21)/t11-/m0/s1. The van der Waals surface area contributed by atoms with Crippen LogP contribution in [0.1, 0.15) is 33.6 Å². The van der Waals surface area contributed by atoms with Crippen LogP contribution in [-0.2, 0) is 4.74 Å². The van der Waals surface area contributed by atoms with E-state index < -0.39 is 11.7 Å². The Labute approximate surface area is 144 Å². The molecule has 0 heterocycles.